The molecule has 32 heavy (non-hydrogen) atoms. The second-order valence-corrected chi connectivity index (χ2v) is 8.73. The molecule has 2 aromatic heterocycles. The van der Waals surface area contributed by atoms with Crippen molar-refractivity contribution in [2.75, 3.05) is 0 Å². The van der Waals surface area contributed by atoms with Crippen molar-refractivity contribution < 1.29 is 4.79 Å². The fourth-order valence-corrected chi connectivity index (χ4v) is 4.62. The van der Waals surface area contributed by atoms with Gasteiger partial charge in [0.2, 0.25) is 0 Å². The van der Waals surface area contributed by atoms with Crippen LogP contribution in [0, 0.1) is 6.92 Å². The summed E-state index contributed by atoms with van der Waals surface area (Å²) < 4.78 is 1.92. The van der Waals surface area contributed by atoms with Gasteiger partial charge in [0.1, 0.15) is 5.69 Å². The number of thiazole rings is 1. The lowest BCUT2D eigenvalue weighted by Crippen LogP contribution is -2.30. The zero-order valence-electron chi connectivity index (χ0n) is 17.8. The minimum atomic E-state index is -0.00295. The lowest BCUT2D eigenvalue weighted by atomic mass is 10.1. The fraction of sp³-hybridized carbons (Fsp3) is 0.111. The number of rotatable bonds is 6. The van der Waals surface area contributed by atoms with Crippen LogP contribution in [0.3, 0.4) is 0 Å². The molecule has 0 radical (unpaired) electrons. The number of aryl methyl sites for hydroxylation is 1. The summed E-state index contributed by atoms with van der Waals surface area (Å²) in [4.78, 5) is 21.2. The molecule has 0 saturated heterocycles. The maximum Gasteiger partial charge on any atom is 0.272 e. The molecule has 0 atom stereocenters. The first-order valence-electron chi connectivity index (χ1n) is 10.6. The Bertz CT molecular complexity index is 1300. The summed E-state index contributed by atoms with van der Waals surface area (Å²) >= 11 is 1.50. The Morgan fingerprint density at radius 1 is 0.875 bits per heavy atom. The van der Waals surface area contributed by atoms with Crippen LogP contribution in [0.5, 0.6) is 0 Å². The molecular formula is C27H23N3OS. The second kappa shape index (κ2) is 8.81. The molecule has 0 unspecified atom stereocenters. The number of carbonyl (C=O) groups excluding carboxylic acids is 1. The second-order valence-electron chi connectivity index (χ2n) is 7.90. The number of amides is 1. The van der Waals surface area contributed by atoms with Crippen molar-refractivity contribution >= 4 is 22.2 Å². The quantitative estimate of drug-likeness (QED) is 0.316. The molecule has 1 amide bonds. The van der Waals surface area contributed by atoms with Crippen LogP contribution in [0.4, 0.5) is 0 Å². The van der Waals surface area contributed by atoms with Crippen LogP contribution >= 0.6 is 11.3 Å². The average molecular weight is 438 g/mol. The molecule has 0 aliphatic heterocycles. The van der Waals surface area contributed by atoms with Gasteiger partial charge in [0, 0.05) is 30.2 Å². The van der Waals surface area contributed by atoms with Crippen molar-refractivity contribution in [3.8, 4) is 11.3 Å². The van der Waals surface area contributed by atoms with E-state index in [-0.39, 0.29) is 5.91 Å². The van der Waals surface area contributed by atoms with Gasteiger partial charge in [0.25, 0.3) is 5.91 Å². The van der Waals surface area contributed by atoms with Crippen molar-refractivity contribution in [2.24, 2.45) is 0 Å². The number of nitrogens with zero attached hydrogens (tertiary/aromatic N) is 3. The summed E-state index contributed by atoms with van der Waals surface area (Å²) in [5.41, 5.74) is 5.99. The van der Waals surface area contributed by atoms with E-state index in [0.29, 0.717) is 18.8 Å². The zero-order chi connectivity index (χ0) is 21.9. The molecule has 0 aliphatic carbocycles. The summed E-state index contributed by atoms with van der Waals surface area (Å²) in [6, 6.07) is 28.5. The lowest BCUT2D eigenvalue weighted by molar-refractivity contribution is 0.0723. The number of fused-ring (bicyclic) bond motifs is 1. The van der Waals surface area contributed by atoms with Gasteiger partial charge in [0.05, 0.1) is 5.69 Å². The number of hydrogen-bond donors (Lipinski definition) is 0. The normalized spacial score (nSPS) is 11.0. The third-order valence-electron chi connectivity index (χ3n) is 5.50. The first kappa shape index (κ1) is 20.2. The molecule has 0 aliphatic rings. The van der Waals surface area contributed by atoms with Crippen LogP contribution in [0.2, 0.25) is 0 Å². The van der Waals surface area contributed by atoms with Gasteiger partial charge in [-0.2, -0.15) is 0 Å². The van der Waals surface area contributed by atoms with Crippen LogP contribution < -0.4 is 0 Å². The van der Waals surface area contributed by atoms with Gasteiger partial charge in [0.15, 0.2) is 4.96 Å². The van der Waals surface area contributed by atoms with Gasteiger partial charge in [-0.1, -0.05) is 90.5 Å². The Kier molecular flexibility index (Phi) is 5.57. The molecule has 0 spiro atoms. The van der Waals surface area contributed by atoms with Crippen molar-refractivity contribution in [2.45, 2.75) is 20.0 Å². The predicted molar refractivity (Wildman–Crippen MR) is 130 cm³/mol. The third-order valence-corrected chi connectivity index (χ3v) is 6.34. The molecule has 0 fully saturated rings. The summed E-state index contributed by atoms with van der Waals surface area (Å²) in [5, 5.41) is 1.91. The van der Waals surface area contributed by atoms with Crippen LogP contribution in [-0.2, 0) is 13.1 Å². The Morgan fingerprint density at radius 3 is 2.06 bits per heavy atom. The van der Waals surface area contributed by atoms with Crippen molar-refractivity contribution in [3.05, 3.63) is 119 Å². The van der Waals surface area contributed by atoms with E-state index in [1.807, 2.05) is 57.3 Å². The summed E-state index contributed by atoms with van der Waals surface area (Å²) in [5.74, 6) is -0.00295. The fourth-order valence-electron chi connectivity index (χ4n) is 3.77. The third kappa shape index (κ3) is 4.20. The Balaban J connectivity index is 1.48. The lowest BCUT2D eigenvalue weighted by Gasteiger charge is -2.23. The molecule has 4 nitrogen and oxygen atoms in total. The van der Waals surface area contributed by atoms with Crippen LogP contribution in [0.15, 0.2) is 96.5 Å². The summed E-state index contributed by atoms with van der Waals surface area (Å²) in [6.07, 6.45) is 1.97. The Morgan fingerprint density at radius 2 is 1.47 bits per heavy atom. The van der Waals surface area contributed by atoms with Gasteiger partial charge in [-0.25, -0.2) is 4.98 Å². The van der Waals surface area contributed by atoms with Gasteiger partial charge >= 0.3 is 0 Å². The van der Waals surface area contributed by atoms with E-state index in [2.05, 4.69) is 55.5 Å². The standard InChI is InChI=1S/C27H23N3OS/c1-20-12-14-23(15-13-20)24-18-30-25(19-32-27(30)28-24)26(31)29(16-21-8-4-2-5-9-21)17-22-10-6-3-7-11-22/h2-15,18-19H,16-17H2,1H3. The highest BCUT2D eigenvalue weighted by Gasteiger charge is 2.21. The van der Waals surface area contributed by atoms with Gasteiger partial charge in [-0.05, 0) is 18.1 Å². The van der Waals surface area contributed by atoms with E-state index in [1.165, 1.54) is 16.9 Å². The summed E-state index contributed by atoms with van der Waals surface area (Å²) in [7, 11) is 0. The number of imidazole rings is 1. The van der Waals surface area contributed by atoms with E-state index >= 15 is 0 Å². The molecule has 0 bridgehead atoms. The number of benzene rings is 3. The maximum atomic E-state index is 13.7. The number of aromatic nitrogens is 2. The van der Waals surface area contributed by atoms with Gasteiger partial charge < -0.3 is 4.90 Å². The van der Waals surface area contributed by atoms with Gasteiger partial charge in [-0.15, -0.1) is 11.3 Å². The highest BCUT2D eigenvalue weighted by atomic mass is 32.1. The monoisotopic (exact) mass is 437 g/mol. The molecule has 5 rings (SSSR count). The minimum Gasteiger partial charge on any atom is -0.329 e. The molecule has 3 aromatic carbocycles. The molecule has 0 N–H and O–H groups in total. The highest BCUT2D eigenvalue weighted by molar-refractivity contribution is 7.15. The molecule has 2 heterocycles. The number of hydrogen-bond acceptors (Lipinski definition) is 3. The molecular weight excluding hydrogens is 414 g/mol. The van der Waals surface area contributed by atoms with E-state index in [9.17, 15) is 4.79 Å². The van der Waals surface area contributed by atoms with Crippen LogP contribution in [0.25, 0.3) is 16.2 Å². The van der Waals surface area contributed by atoms with E-state index in [0.717, 1.165) is 27.3 Å². The minimum absolute atomic E-state index is 0.00295. The highest BCUT2D eigenvalue weighted by Crippen LogP contribution is 2.25. The van der Waals surface area contributed by atoms with Crippen LogP contribution in [-0.4, -0.2) is 20.2 Å². The molecule has 158 valence electrons. The van der Waals surface area contributed by atoms with Crippen molar-refractivity contribution in [3.63, 3.8) is 0 Å². The van der Waals surface area contributed by atoms with E-state index in [4.69, 9.17) is 4.98 Å². The van der Waals surface area contributed by atoms with Crippen molar-refractivity contribution in [1.29, 1.82) is 0 Å². The van der Waals surface area contributed by atoms with Gasteiger partial charge in [-0.3, -0.25) is 9.20 Å². The Hall–Kier alpha value is -3.70. The zero-order valence-corrected chi connectivity index (χ0v) is 18.6. The SMILES string of the molecule is Cc1ccc(-c2cn3c(C(=O)N(Cc4ccccc4)Cc4ccccc4)csc3n2)cc1. The first-order valence-corrected chi connectivity index (χ1v) is 11.5. The average Bonchev–Trinajstić information content (AvgIpc) is 3.41. The molecule has 0 saturated carbocycles. The molecule has 5 heteroatoms. The topological polar surface area (TPSA) is 37.6 Å². The van der Waals surface area contributed by atoms with E-state index in [1.54, 1.807) is 0 Å². The summed E-state index contributed by atoms with van der Waals surface area (Å²) in [6.45, 7) is 3.16. The van der Waals surface area contributed by atoms with E-state index < -0.39 is 0 Å². The number of carbonyl (C=O) groups is 1. The van der Waals surface area contributed by atoms with Crippen LogP contribution in [0.1, 0.15) is 27.2 Å². The van der Waals surface area contributed by atoms with Crippen molar-refractivity contribution in [1.82, 2.24) is 14.3 Å². The smallest absolute Gasteiger partial charge is 0.272 e. The Labute approximate surface area is 191 Å². The largest absolute Gasteiger partial charge is 0.329 e. The predicted octanol–water partition coefficient (Wildman–Crippen LogP) is 6.21. The molecule has 5 aromatic rings. The maximum absolute atomic E-state index is 13.7. The first-order chi connectivity index (χ1) is 15.7.